The maximum absolute atomic E-state index is 10.6. The van der Waals surface area contributed by atoms with Crippen LogP contribution < -0.4 is 9.47 Å². The van der Waals surface area contributed by atoms with E-state index in [-0.39, 0.29) is 16.5 Å². The Hall–Kier alpha value is -1.75. The summed E-state index contributed by atoms with van der Waals surface area (Å²) in [4.78, 5) is 20.9. The number of hydrogen-bond donors (Lipinski definition) is 1. The smallest absolute Gasteiger partial charge is 0.341 e. The molecule has 86 valence electrons. The van der Waals surface area contributed by atoms with Crippen LogP contribution in [0.2, 0.25) is 5.02 Å². The van der Waals surface area contributed by atoms with Crippen molar-refractivity contribution in [2.24, 2.45) is 0 Å². The third-order valence-corrected chi connectivity index (χ3v) is 2.01. The Morgan fingerprint density at radius 3 is 2.75 bits per heavy atom. The first-order valence-electron chi connectivity index (χ1n) is 4.25. The van der Waals surface area contributed by atoms with Gasteiger partial charge >= 0.3 is 5.97 Å². The summed E-state index contributed by atoms with van der Waals surface area (Å²) >= 11 is 5.82. The number of aldehydes is 1. The Balaban J connectivity index is 3.06. The van der Waals surface area contributed by atoms with Gasteiger partial charge in [0.2, 0.25) is 0 Å². The van der Waals surface area contributed by atoms with Crippen molar-refractivity contribution in [1.82, 2.24) is 0 Å². The average Bonchev–Trinajstić information content (AvgIpc) is 2.26. The predicted molar refractivity (Wildman–Crippen MR) is 56.5 cm³/mol. The third kappa shape index (κ3) is 2.87. The number of rotatable bonds is 5. The van der Waals surface area contributed by atoms with Gasteiger partial charge < -0.3 is 14.6 Å². The van der Waals surface area contributed by atoms with E-state index in [0.717, 1.165) is 0 Å². The van der Waals surface area contributed by atoms with Crippen LogP contribution in [-0.2, 0) is 4.79 Å². The molecule has 0 aliphatic heterocycles. The summed E-state index contributed by atoms with van der Waals surface area (Å²) in [5.41, 5.74) is 0.324. The Morgan fingerprint density at radius 2 is 2.25 bits per heavy atom. The molecule has 0 aliphatic carbocycles. The van der Waals surface area contributed by atoms with Gasteiger partial charge in [-0.2, -0.15) is 0 Å². The highest BCUT2D eigenvalue weighted by atomic mass is 35.5. The molecule has 0 aliphatic rings. The largest absolute Gasteiger partial charge is 0.493 e. The number of benzene rings is 1. The van der Waals surface area contributed by atoms with E-state index in [1.54, 1.807) is 0 Å². The summed E-state index contributed by atoms with van der Waals surface area (Å²) in [5, 5.41) is 8.59. The fraction of sp³-hybridized carbons (Fsp3) is 0.200. The fourth-order valence-electron chi connectivity index (χ4n) is 1.08. The minimum Gasteiger partial charge on any atom is -0.493 e. The molecule has 0 spiro atoms. The zero-order chi connectivity index (χ0) is 12.1. The van der Waals surface area contributed by atoms with Crippen LogP contribution in [0.25, 0.3) is 0 Å². The quantitative estimate of drug-likeness (QED) is 0.797. The zero-order valence-electron chi connectivity index (χ0n) is 8.40. The average molecular weight is 245 g/mol. The normalized spacial score (nSPS) is 9.62. The van der Waals surface area contributed by atoms with Gasteiger partial charge in [-0.15, -0.1) is 0 Å². The molecule has 1 aromatic carbocycles. The first-order valence-corrected chi connectivity index (χ1v) is 4.63. The van der Waals surface area contributed by atoms with Gasteiger partial charge in [-0.1, -0.05) is 11.6 Å². The lowest BCUT2D eigenvalue weighted by Gasteiger charge is -2.11. The van der Waals surface area contributed by atoms with Crippen LogP contribution in [-0.4, -0.2) is 31.1 Å². The lowest BCUT2D eigenvalue weighted by atomic mass is 10.2. The standard InChI is InChI=1S/C10H9ClO5/c1-15-8-3-6(4-12)2-7(11)10(8)16-5-9(13)14/h2-4H,5H2,1H3,(H,13,14). The molecule has 0 fully saturated rings. The van der Waals surface area contributed by atoms with E-state index in [0.29, 0.717) is 11.8 Å². The highest BCUT2D eigenvalue weighted by Gasteiger charge is 2.13. The number of carbonyl (C=O) groups is 2. The topological polar surface area (TPSA) is 72.8 Å². The van der Waals surface area contributed by atoms with Gasteiger partial charge in [0.15, 0.2) is 18.1 Å². The van der Waals surface area contributed by atoms with E-state index < -0.39 is 12.6 Å². The van der Waals surface area contributed by atoms with Crippen molar-refractivity contribution in [2.75, 3.05) is 13.7 Å². The summed E-state index contributed by atoms with van der Waals surface area (Å²) in [6.45, 7) is -0.531. The number of carboxylic acid groups (broad SMARTS) is 1. The predicted octanol–water partition coefficient (Wildman–Crippen LogP) is 1.62. The molecular formula is C10H9ClO5. The summed E-state index contributed by atoms with van der Waals surface area (Å²) in [7, 11) is 1.37. The summed E-state index contributed by atoms with van der Waals surface area (Å²) in [6, 6.07) is 2.78. The number of methoxy groups -OCH3 is 1. The second-order valence-corrected chi connectivity index (χ2v) is 3.24. The molecule has 0 atom stereocenters. The van der Waals surface area contributed by atoms with E-state index in [9.17, 15) is 9.59 Å². The van der Waals surface area contributed by atoms with Crippen LogP contribution in [0.1, 0.15) is 10.4 Å². The number of carboxylic acids is 1. The van der Waals surface area contributed by atoms with Gasteiger partial charge in [-0.3, -0.25) is 4.79 Å². The molecule has 0 unspecified atom stereocenters. The molecule has 1 aromatic rings. The van der Waals surface area contributed by atoms with Gasteiger partial charge in [-0.05, 0) is 12.1 Å². The number of carbonyl (C=O) groups excluding carboxylic acids is 1. The molecule has 0 amide bonds. The Morgan fingerprint density at radius 1 is 1.56 bits per heavy atom. The van der Waals surface area contributed by atoms with E-state index in [2.05, 4.69) is 0 Å². The summed E-state index contributed by atoms with van der Waals surface area (Å²) in [6.07, 6.45) is 0.607. The Kier molecular flexibility index (Phi) is 4.13. The summed E-state index contributed by atoms with van der Waals surface area (Å²) in [5.74, 6) is -0.800. The van der Waals surface area contributed by atoms with Gasteiger partial charge in [0.1, 0.15) is 6.29 Å². The molecule has 0 bridgehead atoms. The fourth-order valence-corrected chi connectivity index (χ4v) is 1.36. The monoisotopic (exact) mass is 244 g/mol. The number of ether oxygens (including phenoxy) is 2. The van der Waals surface area contributed by atoms with Crippen LogP contribution in [0.3, 0.4) is 0 Å². The highest BCUT2D eigenvalue weighted by Crippen LogP contribution is 2.35. The molecule has 0 radical (unpaired) electrons. The number of aliphatic carboxylic acids is 1. The van der Waals surface area contributed by atoms with Crippen molar-refractivity contribution in [2.45, 2.75) is 0 Å². The van der Waals surface area contributed by atoms with E-state index in [1.807, 2.05) is 0 Å². The van der Waals surface area contributed by atoms with E-state index in [4.69, 9.17) is 26.2 Å². The van der Waals surface area contributed by atoms with Crippen molar-refractivity contribution in [3.63, 3.8) is 0 Å². The zero-order valence-corrected chi connectivity index (χ0v) is 9.15. The van der Waals surface area contributed by atoms with Gasteiger partial charge in [0.25, 0.3) is 0 Å². The molecule has 6 heteroatoms. The van der Waals surface area contributed by atoms with Crippen LogP contribution >= 0.6 is 11.6 Å². The van der Waals surface area contributed by atoms with Gasteiger partial charge in [-0.25, -0.2) is 4.79 Å². The number of halogens is 1. The molecule has 0 saturated carbocycles. The van der Waals surface area contributed by atoms with Crippen LogP contribution in [0.5, 0.6) is 11.5 Å². The van der Waals surface area contributed by atoms with Gasteiger partial charge in [0.05, 0.1) is 12.1 Å². The molecule has 1 rings (SSSR count). The van der Waals surface area contributed by atoms with Crippen LogP contribution in [0, 0.1) is 0 Å². The Bertz CT molecular complexity index is 416. The van der Waals surface area contributed by atoms with E-state index >= 15 is 0 Å². The third-order valence-electron chi connectivity index (χ3n) is 1.73. The maximum atomic E-state index is 10.6. The van der Waals surface area contributed by atoms with Crippen molar-refractivity contribution < 1.29 is 24.2 Å². The molecule has 1 N–H and O–H groups in total. The van der Waals surface area contributed by atoms with E-state index in [1.165, 1.54) is 19.2 Å². The molecule has 16 heavy (non-hydrogen) atoms. The van der Waals surface area contributed by atoms with Crippen molar-refractivity contribution >= 4 is 23.9 Å². The minimum absolute atomic E-state index is 0.108. The molecular weight excluding hydrogens is 236 g/mol. The molecule has 0 saturated heterocycles. The minimum atomic E-state index is -1.13. The highest BCUT2D eigenvalue weighted by molar-refractivity contribution is 6.32. The first-order chi connectivity index (χ1) is 7.58. The Labute approximate surface area is 96.5 Å². The van der Waals surface area contributed by atoms with Crippen LogP contribution in [0.4, 0.5) is 0 Å². The van der Waals surface area contributed by atoms with Crippen molar-refractivity contribution in [1.29, 1.82) is 0 Å². The molecule has 0 aromatic heterocycles. The number of hydrogen-bond acceptors (Lipinski definition) is 4. The van der Waals surface area contributed by atoms with Crippen molar-refractivity contribution in [3.8, 4) is 11.5 Å². The second kappa shape index (κ2) is 5.37. The maximum Gasteiger partial charge on any atom is 0.341 e. The first kappa shape index (κ1) is 12.3. The molecule has 5 nitrogen and oxygen atoms in total. The van der Waals surface area contributed by atoms with Crippen LogP contribution in [0.15, 0.2) is 12.1 Å². The SMILES string of the molecule is COc1cc(C=O)cc(Cl)c1OCC(=O)O. The second-order valence-electron chi connectivity index (χ2n) is 2.83. The lowest BCUT2D eigenvalue weighted by Crippen LogP contribution is -2.10. The van der Waals surface area contributed by atoms with Crippen molar-refractivity contribution in [3.05, 3.63) is 22.7 Å². The van der Waals surface area contributed by atoms with Gasteiger partial charge in [0, 0.05) is 5.56 Å². The summed E-state index contributed by atoms with van der Waals surface area (Å²) < 4.78 is 9.89. The molecule has 0 heterocycles. The lowest BCUT2D eigenvalue weighted by molar-refractivity contribution is -0.139.